The fourth-order valence-corrected chi connectivity index (χ4v) is 1.95. The molecule has 3 rings (SSSR count). The first kappa shape index (κ1) is 8.12. The van der Waals surface area contributed by atoms with Crippen molar-refractivity contribution in [2.45, 2.75) is 26.1 Å². The van der Waals surface area contributed by atoms with E-state index in [1.807, 2.05) is 6.07 Å². The summed E-state index contributed by atoms with van der Waals surface area (Å²) in [5.41, 5.74) is 2.56. The number of benzene rings is 1. The minimum absolute atomic E-state index is 0.308. The van der Waals surface area contributed by atoms with Crippen LogP contribution in [0.5, 0.6) is 11.5 Å². The van der Waals surface area contributed by atoms with Crippen molar-refractivity contribution in [3.63, 3.8) is 0 Å². The van der Waals surface area contributed by atoms with Gasteiger partial charge in [-0.3, -0.25) is 0 Å². The number of fused-ring (bicyclic) bond motifs is 2. The molecule has 0 bridgehead atoms. The van der Waals surface area contributed by atoms with E-state index in [0.717, 1.165) is 17.9 Å². The van der Waals surface area contributed by atoms with Crippen LogP contribution in [0.15, 0.2) is 12.1 Å². The van der Waals surface area contributed by atoms with Crippen LogP contribution in [0.3, 0.4) is 0 Å². The first-order valence-corrected chi connectivity index (χ1v) is 4.86. The van der Waals surface area contributed by atoms with Crippen LogP contribution in [0.2, 0.25) is 0 Å². The highest BCUT2D eigenvalue weighted by Crippen LogP contribution is 2.36. The molecule has 1 aromatic rings. The minimum atomic E-state index is 0.308. The average molecular weight is 192 g/mol. The zero-order valence-corrected chi connectivity index (χ0v) is 8.08. The molecule has 74 valence electrons. The lowest BCUT2D eigenvalue weighted by atomic mass is 9.99. The Balaban J connectivity index is 2.06. The van der Waals surface area contributed by atoms with Gasteiger partial charge in [-0.2, -0.15) is 0 Å². The lowest BCUT2D eigenvalue weighted by Crippen LogP contribution is -2.18. The van der Waals surface area contributed by atoms with E-state index in [2.05, 4.69) is 13.0 Å². The summed E-state index contributed by atoms with van der Waals surface area (Å²) in [6, 6.07) is 4.11. The molecule has 0 radical (unpaired) electrons. The summed E-state index contributed by atoms with van der Waals surface area (Å²) in [6.07, 6.45) is 1.27. The van der Waals surface area contributed by atoms with Gasteiger partial charge in [0.15, 0.2) is 11.5 Å². The normalized spacial score (nSPS) is 23.4. The molecule has 0 saturated carbocycles. The maximum absolute atomic E-state index is 5.57. The molecule has 2 heterocycles. The van der Waals surface area contributed by atoms with E-state index in [9.17, 15) is 0 Å². The number of ether oxygens (including phenoxy) is 3. The molecule has 0 aliphatic carbocycles. The van der Waals surface area contributed by atoms with E-state index < -0.39 is 0 Å². The SMILES string of the molecule is C[C@H]1Cc2cc3c(cc2CO1)OCO3. The smallest absolute Gasteiger partial charge is 0.231 e. The van der Waals surface area contributed by atoms with Crippen molar-refractivity contribution < 1.29 is 14.2 Å². The van der Waals surface area contributed by atoms with Gasteiger partial charge in [-0.25, -0.2) is 0 Å². The average Bonchev–Trinajstić information content (AvgIpc) is 2.61. The quantitative estimate of drug-likeness (QED) is 0.628. The highest BCUT2D eigenvalue weighted by molar-refractivity contribution is 5.49. The topological polar surface area (TPSA) is 27.7 Å². The largest absolute Gasteiger partial charge is 0.454 e. The minimum Gasteiger partial charge on any atom is -0.454 e. The second-order valence-electron chi connectivity index (χ2n) is 3.80. The maximum atomic E-state index is 5.57. The maximum Gasteiger partial charge on any atom is 0.231 e. The van der Waals surface area contributed by atoms with Crippen LogP contribution in [0.4, 0.5) is 0 Å². The molecule has 2 aliphatic heterocycles. The molecule has 0 amide bonds. The Morgan fingerprint density at radius 3 is 2.64 bits per heavy atom. The third kappa shape index (κ3) is 1.16. The van der Waals surface area contributed by atoms with E-state index >= 15 is 0 Å². The fraction of sp³-hybridized carbons (Fsp3) is 0.455. The molecule has 0 saturated heterocycles. The van der Waals surface area contributed by atoms with Gasteiger partial charge in [0.2, 0.25) is 6.79 Å². The van der Waals surface area contributed by atoms with E-state index in [0.29, 0.717) is 19.5 Å². The predicted octanol–water partition coefficient (Wildman–Crippen LogP) is 1.88. The number of rotatable bonds is 0. The first-order valence-electron chi connectivity index (χ1n) is 4.86. The van der Waals surface area contributed by atoms with Crippen molar-refractivity contribution in [3.8, 4) is 11.5 Å². The van der Waals surface area contributed by atoms with Crippen LogP contribution in [0.25, 0.3) is 0 Å². The predicted molar refractivity (Wildman–Crippen MR) is 50.5 cm³/mol. The second kappa shape index (κ2) is 2.89. The third-order valence-electron chi connectivity index (χ3n) is 2.73. The van der Waals surface area contributed by atoms with Crippen LogP contribution in [-0.4, -0.2) is 12.9 Å². The van der Waals surface area contributed by atoms with Gasteiger partial charge in [0.1, 0.15) is 0 Å². The van der Waals surface area contributed by atoms with Gasteiger partial charge in [-0.1, -0.05) is 0 Å². The van der Waals surface area contributed by atoms with Crippen LogP contribution < -0.4 is 9.47 Å². The molecule has 1 aromatic carbocycles. The Hall–Kier alpha value is -1.22. The molecule has 14 heavy (non-hydrogen) atoms. The first-order chi connectivity index (χ1) is 6.83. The van der Waals surface area contributed by atoms with Crippen LogP contribution in [-0.2, 0) is 17.8 Å². The second-order valence-corrected chi connectivity index (χ2v) is 3.80. The van der Waals surface area contributed by atoms with Gasteiger partial charge in [0.05, 0.1) is 12.7 Å². The van der Waals surface area contributed by atoms with Crippen molar-refractivity contribution in [1.82, 2.24) is 0 Å². The van der Waals surface area contributed by atoms with Crippen LogP contribution >= 0.6 is 0 Å². The fourth-order valence-electron chi connectivity index (χ4n) is 1.95. The Bertz CT molecular complexity index is 373. The molecule has 0 unspecified atom stereocenters. The molecule has 0 spiro atoms. The highest BCUT2D eigenvalue weighted by Gasteiger charge is 2.21. The number of hydrogen-bond acceptors (Lipinski definition) is 3. The zero-order chi connectivity index (χ0) is 9.54. The molecular formula is C11H12O3. The van der Waals surface area contributed by atoms with Crippen molar-refractivity contribution in [2.24, 2.45) is 0 Å². The van der Waals surface area contributed by atoms with Crippen molar-refractivity contribution in [1.29, 1.82) is 0 Å². The summed E-state index contributed by atoms with van der Waals surface area (Å²) in [6.45, 7) is 3.12. The van der Waals surface area contributed by atoms with Crippen LogP contribution in [0.1, 0.15) is 18.1 Å². The standard InChI is InChI=1S/C11H12O3/c1-7-2-8-3-10-11(14-6-13-10)4-9(8)5-12-7/h3-4,7H,2,5-6H2,1H3/t7-/m0/s1. The zero-order valence-electron chi connectivity index (χ0n) is 8.08. The summed E-state index contributed by atoms with van der Waals surface area (Å²) in [7, 11) is 0. The van der Waals surface area contributed by atoms with Gasteiger partial charge in [-0.05, 0) is 36.6 Å². The molecule has 0 fully saturated rings. The van der Waals surface area contributed by atoms with Gasteiger partial charge in [-0.15, -0.1) is 0 Å². The van der Waals surface area contributed by atoms with Gasteiger partial charge in [0, 0.05) is 0 Å². The monoisotopic (exact) mass is 192 g/mol. The van der Waals surface area contributed by atoms with E-state index in [1.165, 1.54) is 11.1 Å². The summed E-state index contributed by atoms with van der Waals surface area (Å²) >= 11 is 0. The number of hydrogen-bond donors (Lipinski definition) is 0. The molecule has 3 heteroatoms. The molecule has 3 nitrogen and oxygen atoms in total. The summed E-state index contributed by atoms with van der Waals surface area (Å²) in [5, 5.41) is 0. The van der Waals surface area contributed by atoms with Gasteiger partial charge < -0.3 is 14.2 Å². The highest BCUT2D eigenvalue weighted by atomic mass is 16.7. The molecule has 2 aliphatic rings. The Labute approximate surface area is 82.6 Å². The molecular weight excluding hydrogens is 180 g/mol. The lowest BCUT2D eigenvalue weighted by molar-refractivity contribution is 0.0409. The van der Waals surface area contributed by atoms with Gasteiger partial charge in [0.25, 0.3) is 0 Å². The lowest BCUT2D eigenvalue weighted by Gasteiger charge is -2.22. The van der Waals surface area contributed by atoms with Crippen molar-refractivity contribution >= 4 is 0 Å². The Morgan fingerprint density at radius 1 is 1.14 bits per heavy atom. The Morgan fingerprint density at radius 2 is 1.86 bits per heavy atom. The summed E-state index contributed by atoms with van der Waals surface area (Å²) < 4.78 is 16.2. The Kier molecular flexibility index (Phi) is 1.67. The van der Waals surface area contributed by atoms with E-state index in [1.54, 1.807) is 0 Å². The summed E-state index contributed by atoms with van der Waals surface area (Å²) in [4.78, 5) is 0. The van der Waals surface area contributed by atoms with E-state index in [4.69, 9.17) is 14.2 Å². The molecule has 0 N–H and O–H groups in total. The van der Waals surface area contributed by atoms with E-state index in [-0.39, 0.29) is 0 Å². The van der Waals surface area contributed by atoms with Crippen molar-refractivity contribution in [3.05, 3.63) is 23.3 Å². The molecule has 0 aromatic heterocycles. The molecule has 1 atom stereocenters. The summed E-state index contributed by atoms with van der Waals surface area (Å²) in [5.74, 6) is 1.72. The van der Waals surface area contributed by atoms with Crippen LogP contribution in [0, 0.1) is 0 Å². The van der Waals surface area contributed by atoms with Gasteiger partial charge >= 0.3 is 0 Å². The third-order valence-corrected chi connectivity index (χ3v) is 2.73. The van der Waals surface area contributed by atoms with Crippen molar-refractivity contribution in [2.75, 3.05) is 6.79 Å².